The summed E-state index contributed by atoms with van der Waals surface area (Å²) >= 11 is 0. The van der Waals surface area contributed by atoms with E-state index in [0.29, 0.717) is 5.92 Å². The number of fused-ring (bicyclic) bond motifs is 1. The van der Waals surface area contributed by atoms with Gasteiger partial charge in [-0.15, -0.1) is 0 Å². The van der Waals surface area contributed by atoms with Gasteiger partial charge in [0, 0.05) is 12.6 Å². The molecule has 3 aromatic rings. The second kappa shape index (κ2) is 12.4. The predicted molar refractivity (Wildman–Crippen MR) is 148 cm³/mol. The van der Waals surface area contributed by atoms with Crippen molar-refractivity contribution in [2.24, 2.45) is 0 Å². The number of aryl methyl sites for hydroxylation is 1. The number of nitrogens with zero attached hydrogens (tertiary/aromatic N) is 1. The molecule has 1 fully saturated rings. The lowest BCUT2D eigenvalue weighted by Crippen LogP contribution is -2.29. The highest BCUT2D eigenvalue weighted by Gasteiger charge is 2.24. The van der Waals surface area contributed by atoms with E-state index in [2.05, 4.69) is 23.1 Å². The van der Waals surface area contributed by atoms with Gasteiger partial charge in [0.2, 0.25) is 0 Å². The molecule has 5 nitrogen and oxygen atoms in total. The number of ether oxygens (including phenoxy) is 4. The predicted octanol–water partition coefficient (Wildman–Crippen LogP) is 7.02. The van der Waals surface area contributed by atoms with Crippen molar-refractivity contribution in [2.45, 2.75) is 50.9 Å². The van der Waals surface area contributed by atoms with Gasteiger partial charge in [-0.1, -0.05) is 25.0 Å². The fourth-order valence-corrected chi connectivity index (χ4v) is 5.56. The van der Waals surface area contributed by atoms with Gasteiger partial charge in [-0.2, -0.15) is 0 Å². The van der Waals surface area contributed by atoms with E-state index in [1.165, 1.54) is 55.5 Å². The summed E-state index contributed by atoms with van der Waals surface area (Å²) in [6.07, 6.45) is 8.38. The Kier molecular flexibility index (Phi) is 8.52. The molecule has 5 rings (SSSR count). The van der Waals surface area contributed by atoms with E-state index < -0.39 is 0 Å². The van der Waals surface area contributed by atoms with Crippen molar-refractivity contribution in [3.05, 3.63) is 77.4 Å². The largest absolute Gasteiger partial charge is 0.497 e. The van der Waals surface area contributed by atoms with E-state index in [1.807, 2.05) is 42.5 Å². The van der Waals surface area contributed by atoms with Crippen molar-refractivity contribution in [3.8, 4) is 28.7 Å². The molecule has 1 heterocycles. The van der Waals surface area contributed by atoms with Crippen LogP contribution in [0.2, 0.25) is 0 Å². The zero-order valence-corrected chi connectivity index (χ0v) is 22.2. The summed E-state index contributed by atoms with van der Waals surface area (Å²) in [4.78, 5) is 2.52. The first-order chi connectivity index (χ1) is 18.2. The van der Waals surface area contributed by atoms with Crippen molar-refractivity contribution in [2.75, 3.05) is 40.5 Å². The summed E-state index contributed by atoms with van der Waals surface area (Å²) in [5.74, 6) is 4.75. The van der Waals surface area contributed by atoms with Crippen LogP contribution in [0, 0.1) is 0 Å². The Hall–Kier alpha value is -3.18. The molecule has 0 saturated carbocycles. The summed E-state index contributed by atoms with van der Waals surface area (Å²) in [7, 11) is 3.42. The highest BCUT2D eigenvalue weighted by Crippen LogP contribution is 2.41. The van der Waals surface area contributed by atoms with Gasteiger partial charge >= 0.3 is 0 Å². The van der Waals surface area contributed by atoms with Crippen LogP contribution in [0.5, 0.6) is 28.7 Å². The van der Waals surface area contributed by atoms with Crippen LogP contribution in [-0.4, -0.2) is 45.4 Å². The van der Waals surface area contributed by atoms with E-state index in [4.69, 9.17) is 18.9 Å². The molecule has 0 N–H and O–H groups in total. The zero-order chi connectivity index (χ0) is 25.5. The van der Waals surface area contributed by atoms with Gasteiger partial charge in [-0.05, 0) is 110 Å². The molecule has 2 aliphatic rings. The lowest BCUT2D eigenvalue weighted by Gasteiger charge is -2.27. The van der Waals surface area contributed by atoms with E-state index in [-0.39, 0.29) is 0 Å². The summed E-state index contributed by atoms with van der Waals surface area (Å²) in [6, 6.07) is 20.6. The van der Waals surface area contributed by atoms with Crippen LogP contribution in [-0.2, 0) is 12.8 Å². The maximum absolute atomic E-state index is 6.44. The minimum atomic E-state index is 0.453. The van der Waals surface area contributed by atoms with Gasteiger partial charge in [0.05, 0.1) is 14.2 Å². The lowest BCUT2D eigenvalue weighted by atomic mass is 9.79. The Bertz CT molecular complexity index is 1130. The van der Waals surface area contributed by atoms with Crippen molar-refractivity contribution in [1.29, 1.82) is 0 Å². The molecule has 1 aliphatic heterocycles. The minimum Gasteiger partial charge on any atom is -0.497 e. The van der Waals surface area contributed by atoms with Gasteiger partial charge in [-0.25, -0.2) is 0 Å². The fraction of sp³-hybridized carbons (Fsp3) is 0.438. The Morgan fingerprint density at radius 2 is 1.43 bits per heavy atom. The number of likely N-dealkylation sites (tertiary alicyclic amines) is 1. The molecule has 0 spiro atoms. The van der Waals surface area contributed by atoms with Crippen LogP contribution in [0.3, 0.4) is 0 Å². The van der Waals surface area contributed by atoms with E-state index in [9.17, 15) is 0 Å². The number of methoxy groups -OCH3 is 2. The second-order valence-electron chi connectivity index (χ2n) is 10.2. The molecule has 0 amide bonds. The van der Waals surface area contributed by atoms with Gasteiger partial charge in [0.15, 0.2) is 0 Å². The SMILES string of the molecule is COc1ccc(C2CCc3cc(OC)cc(Oc4ccc(OCCN5CCCCCC5)cc4)c3C2)cc1. The third-order valence-corrected chi connectivity index (χ3v) is 7.74. The maximum Gasteiger partial charge on any atom is 0.134 e. The average Bonchev–Trinajstić information content (AvgIpc) is 3.22. The molecular formula is C32H39NO4. The van der Waals surface area contributed by atoms with Gasteiger partial charge in [-0.3, -0.25) is 4.90 Å². The summed E-state index contributed by atoms with van der Waals surface area (Å²) in [5, 5.41) is 0. The highest BCUT2D eigenvalue weighted by molar-refractivity contribution is 5.51. The van der Waals surface area contributed by atoms with Crippen molar-refractivity contribution >= 4 is 0 Å². The second-order valence-corrected chi connectivity index (χ2v) is 10.2. The third kappa shape index (κ3) is 6.58. The fourth-order valence-electron chi connectivity index (χ4n) is 5.56. The number of rotatable bonds is 9. The molecule has 1 unspecified atom stereocenters. The van der Waals surface area contributed by atoms with Crippen molar-refractivity contribution < 1.29 is 18.9 Å². The number of hydrogen-bond acceptors (Lipinski definition) is 5. The van der Waals surface area contributed by atoms with Crippen LogP contribution in [0.1, 0.15) is 54.7 Å². The van der Waals surface area contributed by atoms with Crippen LogP contribution in [0.25, 0.3) is 0 Å². The molecule has 196 valence electrons. The molecule has 3 aromatic carbocycles. The Morgan fingerprint density at radius 1 is 0.757 bits per heavy atom. The number of hydrogen-bond donors (Lipinski definition) is 0. The average molecular weight is 502 g/mol. The quantitative estimate of drug-likeness (QED) is 0.315. The van der Waals surface area contributed by atoms with Crippen LogP contribution in [0.4, 0.5) is 0 Å². The van der Waals surface area contributed by atoms with Gasteiger partial charge in [0.1, 0.15) is 35.4 Å². The first-order valence-electron chi connectivity index (χ1n) is 13.7. The molecule has 5 heteroatoms. The highest BCUT2D eigenvalue weighted by atomic mass is 16.5. The molecule has 1 saturated heterocycles. The molecular weight excluding hydrogens is 462 g/mol. The molecule has 0 radical (unpaired) electrons. The normalized spacial score (nSPS) is 17.9. The minimum absolute atomic E-state index is 0.453. The van der Waals surface area contributed by atoms with Gasteiger partial charge < -0.3 is 18.9 Å². The van der Waals surface area contributed by atoms with Crippen molar-refractivity contribution in [1.82, 2.24) is 4.90 Å². The monoisotopic (exact) mass is 501 g/mol. The first-order valence-corrected chi connectivity index (χ1v) is 13.7. The Morgan fingerprint density at radius 3 is 2.14 bits per heavy atom. The van der Waals surface area contributed by atoms with Crippen LogP contribution in [0.15, 0.2) is 60.7 Å². The standard InChI is InChI=1S/C32H39NO4/c1-34-27-11-9-24(10-12-27)25-7-8-26-21-30(35-2)23-32(31(26)22-25)37-29-15-13-28(14-16-29)36-20-19-33-17-5-3-4-6-18-33/h9-16,21,23,25H,3-8,17-20,22H2,1-2H3. The van der Waals surface area contributed by atoms with Gasteiger partial charge in [0.25, 0.3) is 0 Å². The molecule has 0 aromatic heterocycles. The number of benzene rings is 3. The van der Waals surface area contributed by atoms with E-state index in [1.54, 1.807) is 14.2 Å². The van der Waals surface area contributed by atoms with Crippen LogP contribution >= 0.6 is 0 Å². The maximum atomic E-state index is 6.44. The zero-order valence-electron chi connectivity index (χ0n) is 22.2. The van der Waals surface area contributed by atoms with E-state index >= 15 is 0 Å². The topological polar surface area (TPSA) is 40.2 Å². The smallest absolute Gasteiger partial charge is 0.134 e. The first kappa shape index (κ1) is 25.5. The van der Waals surface area contributed by atoms with E-state index in [0.717, 1.165) is 61.2 Å². The third-order valence-electron chi connectivity index (χ3n) is 7.74. The lowest BCUT2D eigenvalue weighted by molar-refractivity contribution is 0.214. The Balaban J connectivity index is 1.25. The summed E-state index contributed by atoms with van der Waals surface area (Å²) in [6.45, 7) is 4.10. The summed E-state index contributed by atoms with van der Waals surface area (Å²) < 4.78 is 23.4. The van der Waals surface area contributed by atoms with Crippen molar-refractivity contribution in [3.63, 3.8) is 0 Å². The van der Waals surface area contributed by atoms with Crippen LogP contribution < -0.4 is 18.9 Å². The summed E-state index contributed by atoms with van der Waals surface area (Å²) in [5.41, 5.74) is 3.92. The molecule has 37 heavy (non-hydrogen) atoms. The molecule has 0 bridgehead atoms. The Labute approximate surface area is 221 Å². The molecule has 1 atom stereocenters. The molecule has 1 aliphatic carbocycles.